The van der Waals surface area contributed by atoms with E-state index in [-0.39, 0.29) is 5.91 Å². The molecule has 0 heterocycles. The minimum Gasteiger partial charge on any atom is -0.348 e. The molecule has 0 spiro atoms. The van der Waals surface area contributed by atoms with Crippen LogP contribution in [0.4, 0.5) is 0 Å². The van der Waals surface area contributed by atoms with Crippen molar-refractivity contribution in [2.24, 2.45) is 5.73 Å². The molecule has 0 radical (unpaired) electrons. The third-order valence-electron chi connectivity index (χ3n) is 2.75. The van der Waals surface area contributed by atoms with Gasteiger partial charge in [-0.1, -0.05) is 42.5 Å². The standard InChI is InChI=1S/C15H16N2O/c16-10-12-6-8-14(9-7-12)15(18)17-11-13-4-2-1-3-5-13/h1-9H,10-11,16H2,(H,17,18). The third-order valence-corrected chi connectivity index (χ3v) is 2.75. The second-order valence-corrected chi connectivity index (χ2v) is 4.07. The van der Waals surface area contributed by atoms with Gasteiger partial charge in [0.1, 0.15) is 0 Å². The number of amides is 1. The molecule has 0 atom stereocenters. The maximum Gasteiger partial charge on any atom is 0.251 e. The molecule has 3 nitrogen and oxygen atoms in total. The normalized spacial score (nSPS) is 10.1. The molecule has 0 saturated heterocycles. The third kappa shape index (κ3) is 3.18. The highest BCUT2D eigenvalue weighted by molar-refractivity contribution is 5.94. The van der Waals surface area contributed by atoms with Crippen LogP contribution in [-0.4, -0.2) is 5.91 Å². The van der Waals surface area contributed by atoms with E-state index in [1.165, 1.54) is 0 Å². The lowest BCUT2D eigenvalue weighted by molar-refractivity contribution is 0.0951. The molecule has 0 aliphatic rings. The van der Waals surface area contributed by atoms with E-state index in [0.717, 1.165) is 11.1 Å². The summed E-state index contributed by atoms with van der Waals surface area (Å²) in [6.45, 7) is 1.03. The molecule has 92 valence electrons. The molecule has 2 aromatic carbocycles. The Morgan fingerprint density at radius 1 is 0.944 bits per heavy atom. The van der Waals surface area contributed by atoms with Crippen LogP contribution >= 0.6 is 0 Å². The summed E-state index contributed by atoms with van der Waals surface area (Å²) in [4.78, 5) is 11.9. The van der Waals surface area contributed by atoms with Crippen LogP contribution in [0, 0.1) is 0 Å². The lowest BCUT2D eigenvalue weighted by Crippen LogP contribution is -2.22. The first kappa shape index (κ1) is 12.3. The zero-order valence-corrected chi connectivity index (χ0v) is 10.1. The van der Waals surface area contributed by atoms with Crippen molar-refractivity contribution in [1.29, 1.82) is 0 Å². The number of hydrogen-bond donors (Lipinski definition) is 2. The summed E-state index contributed by atoms with van der Waals surface area (Å²) in [5.41, 5.74) is 8.28. The maximum absolute atomic E-state index is 11.9. The summed E-state index contributed by atoms with van der Waals surface area (Å²) >= 11 is 0. The SMILES string of the molecule is NCc1ccc(C(=O)NCc2ccccc2)cc1. The predicted molar refractivity (Wildman–Crippen MR) is 71.9 cm³/mol. The monoisotopic (exact) mass is 240 g/mol. The Kier molecular flexibility index (Phi) is 4.10. The second-order valence-electron chi connectivity index (χ2n) is 4.07. The molecule has 0 fully saturated rings. The lowest BCUT2D eigenvalue weighted by Gasteiger charge is -2.06. The molecule has 3 N–H and O–H groups in total. The van der Waals surface area contributed by atoms with Crippen LogP contribution < -0.4 is 11.1 Å². The van der Waals surface area contributed by atoms with Crippen LogP contribution in [0.1, 0.15) is 21.5 Å². The smallest absolute Gasteiger partial charge is 0.251 e. The van der Waals surface area contributed by atoms with Gasteiger partial charge >= 0.3 is 0 Å². The average Bonchev–Trinajstić information content (AvgIpc) is 2.46. The molecular formula is C15H16N2O. The van der Waals surface area contributed by atoms with Crippen molar-refractivity contribution in [2.75, 3.05) is 0 Å². The quantitative estimate of drug-likeness (QED) is 0.859. The Balaban J connectivity index is 1.95. The van der Waals surface area contributed by atoms with Gasteiger partial charge in [-0.25, -0.2) is 0 Å². The molecule has 0 bridgehead atoms. The number of hydrogen-bond acceptors (Lipinski definition) is 2. The van der Waals surface area contributed by atoms with Crippen LogP contribution in [0.25, 0.3) is 0 Å². The first-order valence-corrected chi connectivity index (χ1v) is 5.91. The summed E-state index contributed by atoms with van der Waals surface area (Å²) in [5, 5.41) is 2.88. The van der Waals surface area contributed by atoms with E-state index in [0.29, 0.717) is 18.7 Å². The van der Waals surface area contributed by atoms with E-state index < -0.39 is 0 Å². The summed E-state index contributed by atoms with van der Waals surface area (Å²) in [5.74, 6) is -0.0672. The van der Waals surface area contributed by atoms with E-state index in [1.54, 1.807) is 12.1 Å². The van der Waals surface area contributed by atoms with Crippen LogP contribution in [0.3, 0.4) is 0 Å². The molecule has 2 aromatic rings. The number of nitrogens with one attached hydrogen (secondary N) is 1. The topological polar surface area (TPSA) is 55.1 Å². The van der Waals surface area contributed by atoms with Gasteiger partial charge in [0.05, 0.1) is 0 Å². The number of benzene rings is 2. The summed E-state index contributed by atoms with van der Waals surface area (Å²) in [6.07, 6.45) is 0. The molecule has 3 heteroatoms. The summed E-state index contributed by atoms with van der Waals surface area (Å²) in [6, 6.07) is 17.2. The maximum atomic E-state index is 11.9. The molecule has 1 amide bonds. The number of nitrogens with two attached hydrogens (primary N) is 1. The Bertz CT molecular complexity index is 506. The van der Waals surface area contributed by atoms with Gasteiger partial charge in [0.2, 0.25) is 0 Å². The van der Waals surface area contributed by atoms with Gasteiger partial charge in [-0.05, 0) is 23.3 Å². The fourth-order valence-electron chi connectivity index (χ4n) is 1.67. The van der Waals surface area contributed by atoms with Crippen LogP contribution in [-0.2, 0) is 13.1 Å². The van der Waals surface area contributed by atoms with Crippen molar-refractivity contribution in [3.63, 3.8) is 0 Å². The molecule has 0 aliphatic heterocycles. The van der Waals surface area contributed by atoms with Gasteiger partial charge in [-0.3, -0.25) is 4.79 Å². The van der Waals surface area contributed by atoms with Crippen molar-refractivity contribution < 1.29 is 4.79 Å². The van der Waals surface area contributed by atoms with E-state index >= 15 is 0 Å². The molecule has 0 aromatic heterocycles. The van der Waals surface area contributed by atoms with Crippen molar-refractivity contribution in [3.05, 3.63) is 71.3 Å². The summed E-state index contributed by atoms with van der Waals surface area (Å²) in [7, 11) is 0. The highest BCUT2D eigenvalue weighted by Gasteiger charge is 2.04. The van der Waals surface area contributed by atoms with Crippen molar-refractivity contribution in [3.8, 4) is 0 Å². The lowest BCUT2D eigenvalue weighted by atomic mass is 10.1. The fraction of sp³-hybridized carbons (Fsp3) is 0.133. The Morgan fingerprint density at radius 2 is 1.61 bits per heavy atom. The predicted octanol–water partition coefficient (Wildman–Crippen LogP) is 2.08. The van der Waals surface area contributed by atoms with Gasteiger partial charge in [0.25, 0.3) is 5.91 Å². The van der Waals surface area contributed by atoms with Gasteiger partial charge in [0.15, 0.2) is 0 Å². The highest BCUT2D eigenvalue weighted by Crippen LogP contribution is 2.04. The first-order valence-electron chi connectivity index (χ1n) is 5.91. The van der Waals surface area contributed by atoms with Crippen molar-refractivity contribution in [2.45, 2.75) is 13.1 Å². The average molecular weight is 240 g/mol. The molecule has 0 saturated carbocycles. The molecule has 2 rings (SSSR count). The van der Waals surface area contributed by atoms with E-state index in [4.69, 9.17) is 5.73 Å². The molecule has 0 unspecified atom stereocenters. The van der Waals surface area contributed by atoms with Gasteiger partial charge in [0, 0.05) is 18.7 Å². The zero-order chi connectivity index (χ0) is 12.8. The van der Waals surface area contributed by atoms with E-state index in [9.17, 15) is 4.79 Å². The molecule has 0 aliphatic carbocycles. The minimum atomic E-state index is -0.0672. The number of carbonyl (C=O) groups is 1. The Morgan fingerprint density at radius 3 is 2.22 bits per heavy atom. The van der Waals surface area contributed by atoms with Crippen molar-refractivity contribution >= 4 is 5.91 Å². The minimum absolute atomic E-state index is 0.0672. The van der Waals surface area contributed by atoms with Crippen LogP contribution in [0.2, 0.25) is 0 Å². The Hall–Kier alpha value is -2.13. The largest absolute Gasteiger partial charge is 0.348 e. The highest BCUT2D eigenvalue weighted by atomic mass is 16.1. The molecular weight excluding hydrogens is 224 g/mol. The van der Waals surface area contributed by atoms with Gasteiger partial charge < -0.3 is 11.1 Å². The number of rotatable bonds is 4. The fourth-order valence-corrected chi connectivity index (χ4v) is 1.67. The molecule has 18 heavy (non-hydrogen) atoms. The van der Waals surface area contributed by atoms with Crippen molar-refractivity contribution in [1.82, 2.24) is 5.32 Å². The van der Waals surface area contributed by atoms with E-state index in [1.807, 2.05) is 42.5 Å². The number of carbonyl (C=O) groups excluding carboxylic acids is 1. The van der Waals surface area contributed by atoms with Gasteiger partial charge in [-0.2, -0.15) is 0 Å². The van der Waals surface area contributed by atoms with Gasteiger partial charge in [-0.15, -0.1) is 0 Å². The van der Waals surface area contributed by atoms with Crippen LogP contribution in [0.5, 0.6) is 0 Å². The first-order chi connectivity index (χ1) is 8.79. The Labute approximate surface area is 107 Å². The summed E-state index contributed by atoms with van der Waals surface area (Å²) < 4.78 is 0. The van der Waals surface area contributed by atoms with Crippen LogP contribution in [0.15, 0.2) is 54.6 Å². The zero-order valence-electron chi connectivity index (χ0n) is 10.1. The second kappa shape index (κ2) is 5.98. The van der Waals surface area contributed by atoms with E-state index in [2.05, 4.69) is 5.32 Å².